The number of piperazine rings is 1. The van der Waals surface area contributed by atoms with Gasteiger partial charge in [-0.25, -0.2) is 0 Å². The summed E-state index contributed by atoms with van der Waals surface area (Å²) in [4.78, 5) is 40.2. The molecule has 2 heterocycles. The van der Waals surface area contributed by atoms with Crippen molar-refractivity contribution in [3.05, 3.63) is 71.4 Å². The Morgan fingerprint density at radius 1 is 0.972 bits per heavy atom. The molecule has 3 aromatic rings. The molecule has 9 nitrogen and oxygen atoms in total. The van der Waals surface area contributed by atoms with E-state index < -0.39 is 35.0 Å². The summed E-state index contributed by atoms with van der Waals surface area (Å²) in [7, 11) is 0. The van der Waals surface area contributed by atoms with Crippen LogP contribution in [0.4, 0.5) is 13.2 Å². The number of phenolic OH excluding ortho intramolecular Hbond substituents is 1. The number of aromatic nitrogens is 1. The van der Waals surface area contributed by atoms with Crippen molar-refractivity contribution in [3.63, 3.8) is 0 Å². The molecule has 4 rings (SSSR count). The van der Waals surface area contributed by atoms with Crippen LogP contribution in [-0.2, 0) is 11.0 Å². The Morgan fingerprint density at radius 3 is 2.31 bits per heavy atom. The van der Waals surface area contributed by atoms with Gasteiger partial charge in [0.1, 0.15) is 5.75 Å². The molecule has 1 aliphatic heterocycles. The maximum atomic E-state index is 13.2. The number of halogens is 3. The summed E-state index contributed by atoms with van der Waals surface area (Å²) >= 11 is 0. The van der Waals surface area contributed by atoms with Crippen LogP contribution in [-0.4, -0.2) is 70.5 Å². The van der Waals surface area contributed by atoms with E-state index in [-0.39, 0.29) is 49.9 Å². The predicted octanol–water partition coefficient (Wildman–Crippen LogP) is 2.78. The fourth-order valence-electron chi connectivity index (χ4n) is 3.80. The van der Waals surface area contributed by atoms with Crippen LogP contribution in [0.2, 0.25) is 0 Å². The smallest absolute Gasteiger partial charge is 0.417 e. The maximum Gasteiger partial charge on any atom is 0.417 e. The third-order valence-corrected chi connectivity index (χ3v) is 5.69. The first kappa shape index (κ1) is 24.8. The van der Waals surface area contributed by atoms with E-state index in [0.717, 1.165) is 12.1 Å². The van der Waals surface area contributed by atoms with E-state index in [9.17, 15) is 32.7 Å². The number of hydrogen-bond donors (Lipinski definition) is 2. The number of aromatic hydroxyl groups is 1. The minimum atomic E-state index is -4.66. The summed E-state index contributed by atoms with van der Waals surface area (Å²) < 4.78 is 44.8. The van der Waals surface area contributed by atoms with Crippen molar-refractivity contribution < 1.29 is 37.2 Å². The molecular weight excluding hydrogens is 481 g/mol. The highest BCUT2D eigenvalue weighted by Gasteiger charge is 2.36. The molecule has 0 unspecified atom stereocenters. The lowest BCUT2D eigenvalue weighted by atomic mass is 10.1. The van der Waals surface area contributed by atoms with Gasteiger partial charge in [0.05, 0.1) is 23.2 Å². The second-order valence-electron chi connectivity index (χ2n) is 7.99. The first-order valence-electron chi connectivity index (χ1n) is 10.9. The number of para-hydroxylation sites is 1. The second-order valence-corrected chi connectivity index (χ2v) is 7.99. The van der Waals surface area contributed by atoms with E-state index in [4.69, 9.17) is 4.52 Å². The van der Waals surface area contributed by atoms with Gasteiger partial charge in [-0.1, -0.05) is 29.4 Å². The first-order chi connectivity index (χ1) is 17.1. The van der Waals surface area contributed by atoms with Crippen LogP contribution in [0.15, 0.2) is 59.1 Å². The highest BCUT2D eigenvalue weighted by molar-refractivity contribution is 5.97. The molecule has 1 aromatic heterocycles. The zero-order chi connectivity index (χ0) is 25.9. The lowest BCUT2D eigenvalue weighted by molar-refractivity contribution is -0.138. The molecule has 188 valence electrons. The average Bonchev–Trinajstić information content (AvgIpc) is 3.37. The SMILES string of the molecule is O=C(NCC(=O)N1CCN(C(=O)c2ccccc2C(F)(F)F)CC1)c1cc(-c2ccccc2O)on1. The van der Waals surface area contributed by atoms with Crippen molar-refractivity contribution in [3.8, 4) is 17.1 Å². The van der Waals surface area contributed by atoms with E-state index in [1.807, 2.05) is 0 Å². The van der Waals surface area contributed by atoms with E-state index >= 15 is 0 Å². The molecule has 0 bridgehead atoms. The number of phenols is 1. The van der Waals surface area contributed by atoms with Gasteiger partial charge in [-0.2, -0.15) is 13.2 Å². The lowest BCUT2D eigenvalue weighted by Gasteiger charge is -2.35. The molecule has 0 saturated carbocycles. The standard InChI is InChI=1S/C24H21F3N4O5/c25-24(26,27)17-7-3-1-5-15(17)23(35)31-11-9-30(10-12-31)21(33)14-28-22(34)18-13-20(36-29-18)16-6-2-4-8-19(16)32/h1-8,13,32H,9-12,14H2,(H,28,34). The molecule has 36 heavy (non-hydrogen) atoms. The third-order valence-electron chi connectivity index (χ3n) is 5.69. The molecule has 0 aliphatic carbocycles. The van der Waals surface area contributed by atoms with Crippen LogP contribution in [0.25, 0.3) is 11.3 Å². The summed E-state index contributed by atoms with van der Waals surface area (Å²) in [6.07, 6.45) is -4.66. The molecule has 0 radical (unpaired) electrons. The van der Waals surface area contributed by atoms with Crippen molar-refractivity contribution in [1.82, 2.24) is 20.3 Å². The van der Waals surface area contributed by atoms with Gasteiger partial charge in [0.25, 0.3) is 11.8 Å². The minimum absolute atomic E-state index is 0.0460. The van der Waals surface area contributed by atoms with E-state index in [0.29, 0.717) is 5.56 Å². The van der Waals surface area contributed by atoms with Gasteiger partial charge in [-0.15, -0.1) is 0 Å². The zero-order valence-corrected chi connectivity index (χ0v) is 18.8. The molecule has 3 amide bonds. The van der Waals surface area contributed by atoms with E-state index in [2.05, 4.69) is 10.5 Å². The molecule has 1 fully saturated rings. The number of alkyl halides is 3. The van der Waals surface area contributed by atoms with Crippen LogP contribution >= 0.6 is 0 Å². The van der Waals surface area contributed by atoms with Gasteiger partial charge in [-0.3, -0.25) is 14.4 Å². The van der Waals surface area contributed by atoms with Crippen molar-refractivity contribution in [2.75, 3.05) is 32.7 Å². The molecule has 1 saturated heterocycles. The molecule has 1 aliphatic rings. The normalized spacial score (nSPS) is 14.0. The van der Waals surface area contributed by atoms with Gasteiger partial charge in [0.15, 0.2) is 11.5 Å². The number of nitrogens with one attached hydrogen (secondary N) is 1. The van der Waals surface area contributed by atoms with Gasteiger partial charge >= 0.3 is 6.18 Å². The summed E-state index contributed by atoms with van der Waals surface area (Å²) in [5.74, 6) is -1.70. The Morgan fingerprint density at radius 2 is 1.61 bits per heavy atom. The van der Waals surface area contributed by atoms with E-state index in [1.165, 1.54) is 34.1 Å². The minimum Gasteiger partial charge on any atom is -0.507 e. The Labute approximate surface area is 203 Å². The maximum absolute atomic E-state index is 13.2. The van der Waals surface area contributed by atoms with Crippen LogP contribution in [0, 0.1) is 0 Å². The summed E-state index contributed by atoms with van der Waals surface area (Å²) in [6, 6.07) is 12.3. The topological polar surface area (TPSA) is 116 Å². The molecular formula is C24H21F3N4O5. The van der Waals surface area contributed by atoms with Crippen LogP contribution < -0.4 is 5.32 Å². The van der Waals surface area contributed by atoms with Crippen molar-refractivity contribution in [2.45, 2.75) is 6.18 Å². The van der Waals surface area contributed by atoms with Gasteiger partial charge in [0, 0.05) is 32.2 Å². The monoisotopic (exact) mass is 502 g/mol. The van der Waals surface area contributed by atoms with Gasteiger partial charge in [0.2, 0.25) is 5.91 Å². The summed E-state index contributed by atoms with van der Waals surface area (Å²) in [5, 5.41) is 16.0. The highest BCUT2D eigenvalue weighted by atomic mass is 19.4. The number of carbonyl (C=O) groups excluding carboxylic acids is 3. The number of carbonyl (C=O) groups is 3. The first-order valence-corrected chi connectivity index (χ1v) is 10.9. The lowest BCUT2D eigenvalue weighted by Crippen LogP contribution is -2.52. The average molecular weight is 502 g/mol. The van der Waals surface area contributed by atoms with Gasteiger partial charge < -0.3 is 24.7 Å². The van der Waals surface area contributed by atoms with Crippen LogP contribution in [0.1, 0.15) is 26.4 Å². The predicted molar refractivity (Wildman–Crippen MR) is 120 cm³/mol. The number of hydrogen-bond acceptors (Lipinski definition) is 6. The number of benzene rings is 2. The quantitative estimate of drug-likeness (QED) is 0.555. The number of nitrogens with zero attached hydrogens (tertiary/aromatic N) is 3. The fourth-order valence-corrected chi connectivity index (χ4v) is 3.80. The van der Waals surface area contributed by atoms with Crippen molar-refractivity contribution in [2.24, 2.45) is 0 Å². The molecule has 2 aromatic carbocycles. The molecule has 2 N–H and O–H groups in total. The fraction of sp³-hybridized carbons (Fsp3) is 0.250. The van der Waals surface area contributed by atoms with Crippen molar-refractivity contribution in [1.29, 1.82) is 0 Å². The summed E-state index contributed by atoms with van der Waals surface area (Å²) in [6.45, 7) is -0.0235. The van der Waals surface area contributed by atoms with Gasteiger partial charge in [-0.05, 0) is 24.3 Å². The Kier molecular flexibility index (Phi) is 6.95. The van der Waals surface area contributed by atoms with E-state index in [1.54, 1.807) is 18.2 Å². The van der Waals surface area contributed by atoms with Crippen LogP contribution in [0.3, 0.4) is 0 Å². The Balaban J connectivity index is 1.30. The van der Waals surface area contributed by atoms with Crippen molar-refractivity contribution >= 4 is 17.7 Å². The highest BCUT2D eigenvalue weighted by Crippen LogP contribution is 2.32. The molecule has 12 heteroatoms. The molecule has 0 atom stereocenters. The largest absolute Gasteiger partial charge is 0.507 e. The van der Waals surface area contributed by atoms with Crippen LogP contribution in [0.5, 0.6) is 5.75 Å². The number of amides is 3. The Bertz CT molecular complexity index is 1280. The summed E-state index contributed by atoms with van der Waals surface area (Å²) in [5.41, 5.74) is -1.17. The Hall–Kier alpha value is -4.35. The third kappa shape index (κ3) is 5.32. The molecule has 0 spiro atoms. The number of rotatable bonds is 5. The second kappa shape index (κ2) is 10.1. The zero-order valence-electron chi connectivity index (χ0n) is 18.8.